The number of hydrogen-bond acceptors (Lipinski definition) is 10. The summed E-state index contributed by atoms with van der Waals surface area (Å²) in [6.45, 7) is 8.90. The monoisotopic (exact) mass is 1590 g/mol. The van der Waals surface area contributed by atoms with Crippen LogP contribution in [0.4, 0.5) is 0 Å². The molecule has 96 heavy (non-hydrogen) atoms. The van der Waals surface area contributed by atoms with Crippen molar-refractivity contribution < 1.29 is 45.6 Å². The van der Waals surface area contributed by atoms with Gasteiger partial charge in [-0.05, 0) is 290 Å². The lowest BCUT2D eigenvalue weighted by atomic mass is 9.69. The van der Waals surface area contributed by atoms with Gasteiger partial charge in [-0.25, -0.2) is 0 Å². The van der Waals surface area contributed by atoms with Gasteiger partial charge in [0.25, 0.3) is 20.2 Å². The number of benzene rings is 8. The van der Waals surface area contributed by atoms with Crippen LogP contribution in [0.25, 0.3) is 44.5 Å². The van der Waals surface area contributed by atoms with Crippen molar-refractivity contribution >= 4 is 84.0 Å². The van der Waals surface area contributed by atoms with Crippen molar-refractivity contribution in [3.63, 3.8) is 0 Å². The van der Waals surface area contributed by atoms with Gasteiger partial charge in [0.05, 0.1) is 23.0 Å². The van der Waals surface area contributed by atoms with E-state index in [2.05, 4.69) is 175 Å². The summed E-state index contributed by atoms with van der Waals surface area (Å²) in [4.78, 5) is 0.270. The van der Waals surface area contributed by atoms with E-state index in [1.54, 1.807) is 48.5 Å². The van der Waals surface area contributed by atoms with Gasteiger partial charge in [0, 0.05) is 66.0 Å². The molecule has 0 amide bonds. The van der Waals surface area contributed by atoms with Gasteiger partial charge in [0.15, 0.2) is 0 Å². The number of aryl methyl sites for hydroxylation is 2. The van der Waals surface area contributed by atoms with Crippen molar-refractivity contribution in [2.24, 2.45) is 0 Å². The zero-order chi connectivity index (χ0) is 68.2. The van der Waals surface area contributed by atoms with Gasteiger partial charge >= 0.3 is 0 Å². The van der Waals surface area contributed by atoms with Gasteiger partial charge in [-0.2, -0.15) is 16.8 Å². The maximum atomic E-state index is 13.3. The molecule has 508 valence electrons. The number of hydrogen-bond donors (Lipinski definition) is 4. The highest BCUT2D eigenvalue weighted by Crippen LogP contribution is 2.63. The molecule has 0 spiro atoms. The zero-order valence-electron chi connectivity index (χ0n) is 55.4. The molecule has 0 heterocycles. The third-order valence-corrected chi connectivity index (χ3v) is 25.7. The molecular weight excluding hydrogens is 1500 g/mol. The summed E-state index contributed by atoms with van der Waals surface area (Å²) >= 11 is 15.0. The van der Waals surface area contributed by atoms with Gasteiger partial charge in [0.2, 0.25) is 0 Å². The van der Waals surface area contributed by atoms with Crippen LogP contribution in [0.15, 0.2) is 173 Å². The molecule has 0 fully saturated rings. The largest absolute Gasteiger partial charge is 0.396 e. The van der Waals surface area contributed by atoms with Crippen LogP contribution in [0.2, 0.25) is 0 Å². The van der Waals surface area contributed by atoms with E-state index in [9.17, 15) is 37.3 Å². The predicted octanol–water partition coefficient (Wildman–Crippen LogP) is 19.9. The lowest BCUT2D eigenvalue weighted by Crippen LogP contribution is -2.28. The van der Waals surface area contributed by atoms with E-state index in [0.29, 0.717) is 51.4 Å². The highest BCUT2D eigenvalue weighted by molar-refractivity contribution is 9.11. The lowest BCUT2D eigenvalue weighted by molar-refractivity contribution is 0.246. The Morgan fingerprint density at radius 3 is 0.781 bits per heavy atom. The zero-order valence-corrected chi connectivity index (χ0v) is 63.4. The molecule has 8 aromatic rings. The molecule has 8 aromatic carbocycles. The SMILES string of the molecule is CCCCC1(CCCC)c2cc(Br)ccc2-c2cc3c(cc21)-c1ccc(Br)cc1C3(CCCOS(=O)(=O)c1ccc(C)cc1)CCCOS(=O)(=O)c1ccc(C)cc1.OCCCC1(CCCO)c2cc(Br)ccc2-c2cc3c(cc21)-c1ccc(Br)cc1C3(CCCO)CCCO. The quantitative estimate of drug-likeness (QED) is 0.0251. The molecule has 0 bridgehead atoms. The number of fused-ring (bicyclic) bond motifs is 12. The van der Waals surface area contributed by atoms with E-state index in [1.807, 2.05) is 13.8 Å². The maximum absolute atomic E-state index is 13.3. The Morgan fingerprint density at radius 1 is 0.312 bits per heavy atom. The van der Waals surface area contributed by atoms with Crippen LogP contribution in [-0.4, -0.2) is 76.9 Å². The highest BCUT2D eigenvalue weighted by Gasteiger charge is 2.50. The molecule has 0 aromatic heterocycles. The second kappa shape index (κ2) is 30.7. The van der Waals surface area contributed by atoms with Crippen LogP contribution in [-0.2, 0) is 50.3 Å². The summed E-state index contributed by atoms with van der Waals surface area (Å²) in [6, 6.07) is 49.3. The fourth-order valence-corrected chi connectivity index (χ4v) is 19.9. The standard InChI is InChI=1S/C48H52Br2O6S2.C32H36Br2O4/c1-5-7-23-47(24-8-6-2)43-29-35(49)15-21-39(43)41-32-46-42(31-45(41)47)40-22-16-36(50)30-44(40)48(46,25-9-27-55-57(51,52)37-17-11-33(3)12-18-37)26-10-28-56-58(53,54)38-19-13-34(4)14-20-38;33-21-5-7-23-25-20-30-26(19-29(25)31(9-1-13-35,10-2-14-36)27(23)17-21)24-8-6-22(34)18-28(24)32(30,11-3-15-37)12-4-16-38/h11-22,29-32H,5-10,23-28H2,1-4H3;5-8,17-20,35-38H,1-4,9-16H2. The number of halogens is 4. The molecule has 0 saturated carbocycles. The highest BCUT2D eigenvalue weighted by atomic mass is 79.9. The molecule has 4 N–H and O–H groups in total. The van der Waals surface area contributed by atoms with Crippen LogP contribution in [0.1, 0.15) is 185 Å². The van der Waals surface area contributed by atoms with Crippen LogP contribution >= 0.6 is 63.7 Å². The minimum atomic E-state index is -3.96. The fraction of sp³-hybridized carbons (Fsp3) is 0.400. The molecular formula is C80H88Br4O10S2. The van der Waals surface area contributed by atoms with Gasteiger partial charge in [-0.15, -0.1) is 0 Å². The van der Waals surface area contributed by atoms with Gasteiger partial charge in [-0.3, -0.25) is 8.37 Å². The number of aliphatic hydroxyl groups is 4. The minimum absolute atomic E-state index is 0.00782. The number of rotatable bonds is 30. The van der Waals surface area contributed by atoms with Crippen molar-refractivity contribution in [2.45, 2.75) is 175 Å². The fourth-order valence-electron chi connectivity index (χ4n) is 16.6. The Balaban J connectivity index is 0.000000213. The maximum Gasteiger partial charge on any atom is 0.296 e. The Labute approximate surface area is 602 Å². The third kappa shape index (κ3) is 14.0. The second-order valence-corrected chi connectivity index (χ2v) is 33.8. The van der Waals surface area contributed by atoms with Crippen LogP contribution in [0.3, 0.4) is 0 Å². The molecule has 10 nitrogen and oxygen atoms in total. The molecule has 16 heteroatoms. The Kier molecular flexibility index (Phi) is 23.2. The summed E-state index contributed by atoms with van der Waals surface area (Å²) in [5.74, 6) is 0. The predicted molar refractivity (Wildman–Crippen MR) is 400 cm³/mol. The summed E-state index contributed by atoms with van der Waals surface area (Å²) in [5, 5.41) is 39.4. The minimum Gasteiger partial charge on any atom is -0.396 e. The summed E-state index contributed by atoms with van der Waals surface area (Å²) in [5.41, 5.74) is 20.6. The molecule has 0 saturated heterocycles. The van der Waals surface area contributed by atoms with E-state index in [-0.39, 0.29) is 65.7 Å². The summed E-state index contributed by atoms with van der Waals surface area (Å²) in [7, 11) is -7.92. The first-order valence-corrected chi connectivity index (χ1v) is 40.1. The van der Waals surface area contributed by atoms with Crippen molar-refractivity contribution in [1.82, 2.24) is 0 Å². The van der Waals surface area contributed by atoms with Crippen molar-refractivity contribution in [2.75, 3.05) is 39.6 Å². The molecule has 12 rings (SSSR count). The molecule has 4 aliphatic rings. The summed E-state index contributed by atoms with van der Waals surface area (Å²) < 4.78 is 68.5. The first kappa shape index (κ1) is 72.6. The van der Waals surface area contributed by atoms with E-state index in [4.69, 9.17) is 8.37 Å². The molecule has 0 aliphatic heterocycles. The first-order chi connectivity index (χ1) is 46.2. The van der Waals surface area contributed by atoms with Crippen molar-refractivity contribution in [3.8, 4) is 44.5 Å². The molecule has 0 unspecified atom stereocenters. The number of aliphatic hydroxyl groups excluding tert-OH is 4. The lowest BCUT2D eigenvalue weighted by Gasteiger charge is -2.34. The number of unbranched alkanes of at least 4 members (excludes halogenated alkanes) is 2. The average molecular weight is 1590 g/mol. The summed E-state index contributed by atoms with van der Waals surface area (Å²) in [6.07, 6.45) is 14.7. The van der Waals surface area contributed by atoms with Crippen LogP contribution in [0.5, 0.6) is 0 Å². The van der Waals surface area contributed by atoms with Crippen LogP contribution < -0.4 is 0 Å². The average Bonchev–Trinajstić information content (AvgIpc) is 1.54. The van der Waals surface area contributed by atoms with E-state index in [1.165, 1.54) is 77.9 Å². The van der Waals surface area contributed by atoms with Gasteiger partial charge in [0.1, 0.15) is 0 Å². The van der Waals surface area contributed by atoms with Crippen LogP contribution in [0, 0.1) is 13.8 Å². The van der Waals surface area contributed by atoms with Gasteiger partial charge in [-0.1, -0.05) is 163 Å². The third-order valence-electron chi connectivity index (χ3n) is 21.1. The van der Waals surface area contributed by atoms with Gasteiger partial charge < -0.3 is 20.4 Å². The topological polar surface area (TPSA) is 168 Å². The van der Waals surface area contributed by atoms with Crippen molar-refractivity contribution in [3.05, 3.63) is 219 Å². The Hall–Kier alpha value is -4.66. The Morgan fingerprint density at radius 2 is 0.542 bits per heavy atom. The second-order valence-electron chi connectivity index (χ2n) is 26.9. The molecule has 4 aliphatic carbocycles. The van der Waals surface area contributed by atoms with E-state index in [0.717, 1.165) is 104 Å². The normalized spacial score (nSPS) is 15.2. The van der Waals surface area contributed by atoms with E-state index >= 15 is 0 Å². The first-order valence-electron chi connectivity index (χ1n) is 34.2. The van der Waals surface area contributed by atoms with E-state index < -0.39 is 25.7 Å². The molecule has 0 atom stereocenters. The van der Waals surface area contributed by atoms with Crippen molar-refractivity contribution in [1.29, 1.82) is 0 Å². The molecule has 0 radical (unpaired) electrons. The smallest absolute Gasteiger partial charge is 0.296 e. The Bertz CT molecular complexity index is 4150.